The second-order valence-corrected chi connectivity index (χ2v) is 4.66. The van der Waals surface area contributed by atoms with Gasteiger partial charge in [-0.15, -0.1) is 0 Å². The summed E-state index contributed by atoms with van der Waals surface area (Å²) in [5.74, 6) is 1.69. The van der Waals surface area contributed by atoms with E-state index in [1.54, 1.807) is 0 Å². The van der Waals surface area contributed by atoms with Crippen LogP contribution in [0.15, 0.2) is 6.07 Å². The van der Waals surface area contributed by atoms with Gasteiger partial charge in [0.1, 0.15) is 11.6 Å². The number of aryl methyl sites for hydroxylation is 1. The summed E-state index contributed by atoms with van der Waals surface area (Å²) in [5, 5.41) is 3.04. The number of carbonyl (C=O) groups is 1. The molecule has 0 saturated carbocycles. The van der Waals surface area contributed by atoms with Gasteiger partial charge in [-0.3, -0.25) is 9.69 Å². The van der Waals surface area contributed by atoms with Gasteiger partial charge in [0.25, 0.3) is 0 Å². The molecule has 1 aromatic heterocycles. The zero-order valence-electron chi connectivity index (χ0n) is 10.8. The van der Waals surface area contributed by atoms with Crippen LogP contribution < -0.4 is 11.1 Å². The van der Waals surface area contributed by atoms with E-state index < -0.39 is 0 Å². The van der Waals surface area contributed by atoms with Crippen molar-refractivity contribution in [2.45, 2.75) is 19.3 Å². The van der Waals surface area contributed by atoms with Gasteiger partial charge in [0.2, 0.25) is 5.91 Å². The molecule has 1 aliphatic heterocycles. The molecule has 2 rings (SSSR count). The molecule has 1 aliphatic rings. The van der Waals surface area contributed by atoms with E-state index in [2.05, 4.69) is 20.2 Å². The second-order valence-electron chi connectivity index (χ2n) is 4.66. The van der Waals surface area contributed by atoms with E-state index in [1.165, 1.54) is 0 Å². The number of carbonyl (C=O) groups excluding carboxylic acids is 1. The molecule has 2 heterocycles. The first-order valence-electron chi connectivity index (χ1n) is 6.12. The molecule has 1 saturated heterocycles. The first-order valence-corrected chi connectivity index (χ1v) is 6.12. The average Bonchev–Trinajstić information content (AvgIpc) is 2.75. The Bertz CT molecular complexity index is 448. The van der Waals surface area contributed by atoms with Crippen molar-refractivity contribution in [1.29, 1.82) is 0 Å². The first kappa shape index (κ1) is 12.8. The quantitative estimate of drug-likeness (QED) is 0.790. The highest BCUT2D eigenvalue weighted by atomic mass is 16.1. The number of aromatic nitrogens is 2. The number of hydrogen-bond donors (Lipinski definition) is 2. The van der Waals surface area contributed by atoms with Gasteiger partial charge in [-0.25, -0.2) is 9.97 Å². The summed E-state index contributed by atoms with van der Waals surface area (Å²) in [6, 6.07) is 1.98. The van der Waals surface area contributed by atoms with Gasteiger partial charge in [0, 0.05) is 25.6 Å². The standard InChI is InChI=1S/C12H19N5O/c1-8-15-10(5-12(14-2)16-8)9-3-4-17(6-9)7-11(13)18/h5,9H,3-4,6-7H2,1-2H3,(H2,13,18)(H,14,15,16). The third-order valence-electron chi connectivity index (χ3n) is 3.18. The van der Waals surface area contributed by atoms with Crippen molar-refractivity contribution in [1.82, 2.24) is 14.9 Å². The first-order chi connectivity index (χ1) is 8.58. The molecule has 6 nitrogen and oxygen atoms in total. The molecule has 0 spiro atoms. The molecular weight excluding hydrogens is 230 g/mol. The van der Waals surface area contributed by atoms with Crippen LogP contribution in [0, 0.1) is 6.92 Å². The number of nitrogens with zero attached hydrogens (tertiary/aromatic N) is 3. The van der Waals surface area contributed by atoms with Crippen molar-refractivity contribution in [3.63, 3.8) is 0 Å². The highest BCUT2D eigenvalue weighted by molar-refractivity contribution is 5.75. The van der Waals surface area contributed by atoms with Crippen molar-refractivity contribution in [2.24, 2.45) is 5.73 Å². The van der Waals surface area contributed by atoms with Gasteiger partial charge >= 0.3 is 0 Å². The van der Waals surface area contributed by atoms with Crippen molar-refractivity contribution in [3.8, 4) is 0 Å². The van der Waals surface area contributed by atoms with Gasteiger partial charge in [0.15, 0.2) is 0 Å². The predicted octanol–water partition coefficient (Wildman–Crippen LogP) is 0.101. The maximum atomic E-state index is 10.9. The topological polar surface area (TPSA) is 84.1 Å². The van der Waals surface area contributed by atoms with Crippen LogP contribution in [0.5, 0.6) is 0 Å². The number of rotatable bonds is 4. The summed E-state index contributed by atoms with van der Waals surface area (Å²) in [7, 11) is 1.85. The van der Waals surface area contributed by atoms with Crippen molar-refractivity contribution < 1.29 is 4.79 Å². The lowest BCUT2D eigenvalue weighted by atomic mass is 10.0. The average molecular weight is 249 g/mol. The molecule has 1 unspecified atom stereocenters. The Labute approximate surface area is 107 Å². The summed E-state index contributed by atoms with van der Waals surface area (Å²) < 4.78 is 0. The molecule has 0 aromatic carbocycles. The summed E-state index contributed by atoms with van der Waals surface area (Å²) >= 11 is 0. The fourth-order valence-electron chi connectivity index (χ4n) is 2.37. The maximum absolute atomic E-state index is 10.9. The summed E-state index contributed by atoms with van der Waals surface area (Å²) in [4.78, 5) is 21.7. The lowest BCUT2D eigenvalue weighted by Gasteiger charge is -2.14. The minimum atomic E-state index is -0.273. The van der Waals surface area contributed by atoms with E-state index in [4.69, 9.17) is 5.73 Å². The van der Waals surface area contributed by atoms with Crippen LogP contribution in [0.1, 0.15) is 23.9 Å². The fraction of sp³-hybridized carbons (Fsp3) is 0.583. The second kappa shape index (κ2) is 5.30. The minimum Gasteiger partial charge on any atom is -0.373 e. The minimum absolute atomic E-state index is 0.273. The molecule has 1 aromatic rings. The van der Waals surface area contributed by atoms with E-state index in [0.29, 0.717) is 12.5 Å². The molecule has 0 aliphatic carbocycles. The van der Waals surface area contributed by atoms with Gasteiger partial charge in [-0.1, -0.05) is 0 Å². The number of primary amides is 1. The van der Waals surface area contributed by atoms with Crippen LogP contribution in [0.4, 0.5) is 5.82 Å². The Morgan fingerprint density at radius 3 is 3.06 bits per heavy atom. The Kier molecular flexibility index (Phi) is 3.76. The van der Waals surface area contributed by atoms with Crippen LogP contribution in [0.2, 0.25) is 0 Å². The molecule has 1 amide bonds. The number of anilines is 1. The monoisotopic (exact) mass is 249 g/mol. The molecular formula is C12H19N5O. The maximum Gasteiger partial charge on any atom is 0.231 e. The van der Waals surface area contributed by atoms with Gasteiger partial charge in [-0.2, -0.15) is 0 Å². The molecule has 3 N–H and O–H groups in total. The van der Waals surface area contributed by atoms with Crippen molar-refractivity contribution >= 4 is 11.7 Å². The highest BCUT2D eigenvalue weighted by Crippen LogP contribution is 2.26. The van der Waals surface area contributed by atoms with E-state index in [9.17, 15) is 4.79 Å². The molecule has 98 valence electrons. The smallest absolute Gasteiger partial charge is 0.231 e. The Morgan fingerprint density at radius 1 is 1.61 bits per heavy atom. The molecule has 18 heavy (non-hydrogen) atoms. The van der Waals surface area contributed by atoms with Gasteiger partial charge in [-0.05, 0) is 19.9 Å². The number of likely N-dealkylation sites (tertiary alicyclic amines) is 1. The third-order valence-corrected chi connectivity index (χ3v) is 3.18. The van der Waals surface area contributed by atoms with E-state index in [-0.39, 0.29) is 5.91 Å². The van der Waals surface area contributed by atoms with Crippen molar-refractivity contribution in [2.75, 3.05) is 32.0 Å². The summed E-state index contributed by atoms with van der Waals surface area (Å²) in [6.07, 6.45) is 1.01. The summed E-state index contributed by atoms with van der Waals surface area (Å²) in [6.45, 7) is 3.95. The van der Waals surface area contributed by atoms with Crippen LogP contribution in [0.25, 0.3) is 0 Å². The molecule has 1 atom stereocenters. The highest BCUT2D eigenvalue weighted by Gasteiger charge is 2.26. The lowest BCUT2D eigenvalue weighted by molar-refractivity contribution is -0.118. The Hall–Kier alpha value is -1.69. The number of nitrogens with one attached hydrogen (secondary N) is 1. The molecule has 0 bridgehead atoms. The van der Waals surface area contributed by atoms with Gasteiger partial charge in [0.05, 0.1) is 12.2 Å². The number of amides is 1. The van der Waals surface area contributed by atoms with E-state index in [0.717, 1.165) is 36.8 Å². The Morgan fingerprint density at radius 2 is 2.39 bits per heavy atom. The van der Waals surface area contributed by atoms with E-state index >= 15 is 0 Å². The summed E-state index contributed by atoms with van der Waals surface area (Å²) in [5.41, 5.74) is 6.25. The van der Waals surface area contributed by atoms with Crippen LogP contribution in [-0.4, -0.2) is 47.5 Å². The normalized spacial score (nSPS) is 20.0. The molecule has 0 radical (unpaired) electrons. The molecule has 1 fully saturated rings. The fourth-order valence-corrected chi connectivity index (χ4v) is 2.37. The Balaban J connectivity index is 2.09. The van der Waals surface area contributed by atoms with Crippen LogP contribution in [-0.2, 0) is 4.79 Å². The zero-order valence-corrected chi connectivity index (χ0v) is 10.8. The van der Waals surface area contributed by atoms with E-state index in [1.807, 2.05) is 20.0 Å². The largest absolute Gasteiger partial charge is 0.373 e. The van der Waals surface area contributed by atoms with Crippen LogP contribution >= 0.6 is 0 Å². The number of nitrogens with two attached hydrogens (primary N) is 1. The third kappa shape index (κ3) is 2.95. The number of hydrogen-bond acceptors (Lipinski definition) is 5. The lowest BCUT2D eigenvalue weighted by Crippen LogP contribution is -2.31. The molecule has 6 heteroatoms. The SMILES string of the molecule is CNc1cc(C2CCN(CC(N)=O)C2)nc(C)n1. The predicted molar refractivity (Wildman–Crippen MR) is 69.3 cm³/mol. The zero-order chi connectivity index (χ0) is 13.1. The van der Waals surface area contributed by atoms with Crippen LogP contribution in [0.3, 0.4) is 0 Å². The van der Waals surface area contributed by atoms with Crippen molar-refractivity contribution in [3.05, 3.63) is 17.6 Å². The van der Waals surface area contributed by atoms with Gasteiger partial charge < -0.3 is 11.1 Å².